The number of carbonyl (C=O) groups is 1. The fourth-order valence-corrected chi connectivity index (χ4v) is 3.76. The lowest BCUT2D eigenvalue weighted by Gasteiger charge is -2.23. The Balaban J connectivity index is 1.72. The van der Waals surface area contributed by atoms with Gasteiger partial charge in [-0.25, -0.2) is 13.1 Å². The molecule has 0 aromatic heterocycles. The summed E-state index contributed by atoms with van der Waals surface area (Å²) >= 11 is 0. The minimum Gasteiger partial charge on any atom is -0.352 e. The van der Waals surface area contributed by atoms with Gasteiger partial charge < -0.3 is 10.6 Å². The molecule has 1 aliphatic heterocycles. The highest BCUT2D eigenvalue weighted by atomic mass is 32.2. The first-order valence-electron chi connectivity index (χ1n) is 7.50. The zero-order chi connectivity index (χ0) is 14.6. The average Bonchev–Trinajstić information content (AvgIpc) is 3.21. The van der Waals surface area contributed by atoms with E-state index in [1.807, 2.05) is 0 Å². The molecule has 1 saturated carbocycles. The zero-order valence-electron chi connectivity index (χ0n) is 12.0. The molecule has 0 aromatic carbocycles. The second kappa shape index (κ2) is 6.87. The topological polar surface area (TPSA) is 87.3 Å². The van der Waals surface area contributed by atoms with E-state index >= 15 is 0 Å². The molecule has 1 saturated heterocycles. The predicted molar refractivity (Wildman–Crippen MR) is 77.8 cm³/mol. The molecule has 0 bridgehead atoms. The summed E-state index contributed by atoms with van der Waals surface area (Å²) in [6, 6.07) is -0.156. The molecule has 2 rings (SSSR count). The Morgan fingerprint density at radius 3 is 2.65 bits per heavy atom. The van der Waals surface area contributed by atoms with E-state index in [4.69, 9.17) is 0 Å². The first-order chi connectivity index (χ1) is 9.46. The van der Waals surface area contributed by atoms with Crippen molar-refractivity contribution < 1.29 is 13.2 Å². The van der Waals surface area contributed by atoms with Gasteiger partial charge in [-0.1, -0.05) is 6.42 Å². The van der Waals surface area contributed by atoms with Crippen LogP contribution in [0.2, 0.25) is 0 Å². The van der Waals surface area contributed by atoms with Crippen molar-refractivity contribution in [3.05, 3.63) is 0 Å². The average molecular weight is 303 g/mol. The van der Waals surface area contributed by atoms with Crippen LogP contribution in [0.25, 0.3) is 0 Å². The highest BCUT2D eigenvalue weighted by Gasteiger charge is 2.27. The zero-order valence-corrected chi connectivity index (χ0v) is 12.8. The predicted octanol–water partition coefficient (Wildman–Crippen LogP) is 0.105. The second-order valence-corrected chi connectivity index (χ2v) is 7.75. The maximum absolute atomic E-state index is 12.0. The van der Waals surface area contributed by atoms with Crippen LogP contribution in [-0.2, 0) is 14.8 Å². The third-order valence-electron chi connectivity index (χ3n) is 3.82. The van der Waals surface area contributed by atoms with Gasteiger partial charge in [-0.15, -0.1) is 0 Å². The van der Waals surface area contributed by atoms with Gasteiger partial charge in [0.1, 0.15) is 0 Å². The quantitative estimate of drug-likeness (QED) is 0.623. The van der Waals surface area contributed by atoms with E-state index < -0.39 is 16.1 Å². The summed E-state index contributed by atoms with van der Waals surface area (Å²) in [5, 5.41) is 6.13. The van der Waals surface area contributed by atoms with Gasteiger partial charge in [-0.2, -0.15) is 0 Å². The van der Waals surface area contributed by atoms with Crippen molar-refractivity contribution in [2.24, 2.45) is 0 Å². The summed E-state index contributed by atoms with van der Waals surface area (Å²) in [5.74, 6) is -0.155. The molecule has 2 unspecified atom stereocenters. The van der Waals surface area contributed by atoms with Gasteiger partial charge in [-0.05, 0) is 45.6 Å². The van der Waals surface area contributed by atoms with Gasteiger partial charge in [0.25, 0.3) is 0 Å². The normalized spacial score (nSPS) is 25.1. The number of nitrogens with one attached hydrogen (secondary N) is 3. The Morgan fingerprint density at radius 2 is 2.05 bits per heavy atom. The second-order valence-electron chi connectivity index (χ2n) is 5.88. The molecule has 7 heteroatoms. The van der Waals surface area contributed by atoms with Crippen molar-refractivity contribution in [1.29, 1.82) is 0 Å². The van der Waals surface area contributed by atoms with Crippen LogP contribution in [0.3, 0.4) is 0 Å². The molecular formula is C13H25N3O3S. The molecule has 20 heavy (non-hydrogen) atoms. The number of amides is 1. The van der Waals surface area contributed by atoms with E-state index in [9.17, 15) is 13.2 Å². The van der Waals surface area contributed by atoms with Crippen molar-refractivity contribution in [3.8, 4) is 0 Å². The molecule has 116 valence electrons. The van der Waals surface area contributed by atoms with Crippen LogP contribution >= 0.6 is 0 Å². The molecule has 0 radical (unpaired) electrons. The molecule has 1 aliphatic carbocycles. The standard InChI is InChI=1S/C13H25N3O3S/c1-10(13(17)15-12-5-6-12)16-20(18,19)9-7-11-4-2-3-8-14-11/h10-12,14,16H,2-9H2,1H3,(H,15,17). The minimum absolute atomic E-state index is 0.0751. The van der Waals surface area contributed by atoms with Crippen molar-refractivity contribution in [2.75, 3.05) is 12.3 Å². The smallest absolute Gasteiger partial charge is 0.238 e. The number of rotatable bonds is 7. The lowest BCUT2D eigenvalue weighted by molar-refractivity contribution is -0.122. The monoisotopic (exact) mass is 303 g/mol. The summed E-state index contributed by atoms with van der Waals surface area (Å²) in [6.45, 7) is 2.56. The molecule has 1 amide bonds. The number of carbonyl (C=O) groups excluding carboxylic acids is 1. The SMILES string of the molecule is CC(NS(=O)(=O)CCC1CCCCN1)C(=O)NC1CC1. The van der Waals surface area contributed by atoms with Crippen LogP contribution in [0, 0.1) is 0 Å². The van der Waals surface area contributed by atoms with Crippen LogP contribution in [0.4, 0.5) is 0 Å². The van der Waals surface area contributed by atoms with E-state index in [2.05, 4.69) is 15.4 Å². The third kappa shape index (κ3) is 5.38. The van der Waals surface area contributed by atoms with Gasteiger partial charge in [0.2, 0.25) is 15.9 Å². The first kappa shape index (κ1) is 15.7. The van der Waals surface area contributed by atoms with Crippen LogP contribution in [-0.4, -0.2) is 44.7 Å². The number of hydrogen-bond acceptors (Lipinski definition) is 4. The lowest BCUT2D eigenvalue weighted by Crippen LogP contribution is -2.46. The summed E-state index contributed by atoms with van der Waals surface area (Å²) in [7, 11) is -3.39. The fourth-order valence-electron chi connectivity index (χ4n) is 2.40. The summed E-state index contributed by atoms with van der Waals surface area (Å²) in [4.78, 5) is 11.7. The van der Waals surface area contributed by atoms with Crippen LogP contribution in [0.5, 0.6) is 0 Å². The van der Waals surface area contributed by atoms with Crippen molar-refractivity contribution in [3.63, 3.8) is 0 Å². The molecule has 0 spiro atoms. The van der Waals surface area contributed by atoms with Gasteiger partial charge >= 0.3 is 0 Å². The van der Waals surface area contributed by atoms with Gasteiger partial charge in [-0.3, -0.25) is 4.79 Å². The highest BCUT2D eigenvalue weighted by molar-refractivity contribution is 7.89. The third-order valence-corrected chi connectivity index (χ3v) is 5.31. The van der Waals surface area contributed by atoms with E-state index in [0.29, 0.717) is 6.42 Å². The van der Waals surface area contributed by atoms with Crippen molar-refractivity contribution in [1.82, 2.24) is 15.4 Å². The van der Waals surface area contributed by atoms with E-state index in [1.165, 1.54) is 6.42 Å². The largest absolute Gasteiger partial charge is 0.352 e. The highest BCUT2D eigenvalue weighted by Crippen LogP contribution is 2.18. The van der Waals surface area contributed by atoms with Crippen LogP contribution in [0.15, 0.2) is 0 Å². The molecule has 1 heterocycles. The lowest BCUT2D eigenvalue weighted by atomic mass is 10.0. The molecule has 2 aliphatic rings. The van der Waals surface area contributed by atoms with Crippen LogP contribution < -0.4 is 15.4 Å². The van der Waals surface area contributed by atoms with Crippen LogP contribution in [0.1, 0.15) is 45.4 Å². The van der Waals surface area contributed by atoms with E-state index in [1.54, 1.807) is 6.92 Å². The maximum Gasteiger partial charge on any atom is 0.238 e. The van der Waals surface area contributed by atoms with Crippen molar-refractivity contribution in [2.45, 2.75) is 63.6 Å². The fraction of sp³-hybridized carbons (Fsp3) is 0.923. The Morgan fingerprint density at radius 1 is 1.30 bits per heavy atom. The summed E-state index contributed by atoms with van der Waals surface area (Å²) in [6.07, 6.45) is 5.96. The Labute approximate surface area is 121 Å². The molecule has 6 nitrogen and oxygen atoms in total. The van der Waals surface area contributed by atoms with Gasteiger partial charge in [0, 0.05) is 12.1 Å². The summed E-state index contributed by atoms with van der Waals surface area (Å²) in [5.41, 5.74) is 0. The molecular weight excluding hydrogens is 278 g/mol. The maximum atomic E-state index is 12.0. The minimum atomic E-state index is -3.39. The molecule has 3 N–H and O–H groups in total. The Kier molecular flexibility index (Phi) is 5.40. The molecule has 2 atom stereocenters. The van der Waals surface area contributed by atoms with Gasteiger partial charge in [0.05, 0.1) is 11.8 Å². The Hall–Kier alpha value is -0.660. The number of sulfonamides is 1. The molecule has 0 aromatic rings. The van der Waals surface area contributed by atoms with E-state index in [0.717, 1.165) is 32.2 Å². The van der Waals surface area contributed by atoms with Crippen molar-refractivity contribution >= 4 is 15.9 Å². The number of hydrogen-bond donors (Lipinski definition) is 3. The molecule has 2 fully saturated rings. The van der Waals surface area contributed by atoms with Gasteiger partial charge in [0.15, 0.2) is 0 Å². The Bertz CT molecular complexity index is 428. The summed E-state index contributed by atoms with van der Waals surface area (Å²) < 4.78 is 26.4. The first-order valence-corrected chi connectivity index (χ1v) is 9.15. The van der Waals surface area contributed by atoms with E-state index in [-0.39, 0.29) is 23.7 Å². The number of piperidine rings is 1.